The Morgan fingerprint density at radius 2 is 1.85 bits per heavy atom. The lowest BCUT2D eigenvalue weighted by Crippen LogP contribution is -2.36. The fourth-order valence-corrected chi connectivity index (χ4v) is 4.57. The van der Waals surface area contributed by atoms with E-state index in [1.54, 1.807) is 13.2 Å². The number of ether oxygens (including phenoxy) is 2. The quantitative estimate of drug-likeness (QED) is 0.493. The van der Waals surface area contributed by atoms with Crippen LogP contribution in [-0.4, -0.2) is 58.8 Å². The maximum Gasteiger partial charge on any atom is 0.243 e. The minimum Gasteiger partial charge on any atom is -0.486 e. The lowest BCUT2D eigenvalue weighted by atomic mass is 10.1. The van der Waals surface area contributed by atoms with Crippen LogP contribution in [0.5, 0.6) is 11.5 Å². The summed E-state index contributed by atoms with van der Waals surface area (Å²) in [5.74, 6) is 1.28. The largest absolute Gasteiger partial charge is 0.486 e. The molecular formula is C25H28N4O4S. The SMILES string of the molecule is CCn1c(-c2ccc3c(c2)OCCO3)cnc1SCC(=O)N(C)CC(=O)Nc1ccc(C)cc1. The van der Waals surface area contributed by atoms with Crippen LogP contribution in [0.3, 0.4) is 0 Å². The van der Waals surface area contributed by atoms with Gasteiger partial charge in [0.25, 0.3) is 0 Å². The van der Waals surface area contributed by atoms with Crippen LogP contribution < -0.4 is 14.8 Å². The van der Waals surface area contributed by atoms with Gasteiger partial charge in [0.2, 0.25) is 11.8 Å². The Morgan fingerprint density at radius 1 is 1.12 bits per heavy atom. The highest BCUT2D eigenvalue weighted by Gasteiger charge is 2.18. The predicted molar refractivity (Wildman–Crippen MR) is 132 cm³/mol. The first-order valence-corrected chi connectivity index (χ1v) is 12.1. The van der Waals surface area contributed by atoms with E-state index in [1.807, 2.05) is 56.3 Å². The van der Waals surface area contributed by atoms with Crippen molar-refractivity contribution >= 4 is 29.3 Å². The maximum absolute atomic E-state index is 12.6. The monoisotopic (exact) mass is 480 g/mol. The normalized spacial score (nSPS) is 12.3. The molecule has 178 valence electrons. The van der Waals surface area contributed by atoms with Crippen molar-refractivity contribution in [3.8, 4) is 22.8 Å². The first-order chi connectivity index (χ1) is 16.4. The number of anilines is 1. The molecule has 9 heteroatoms. The summed E-state index contributed by atoms with van der Waals surface area (Å²) in [5.41, 5.74) is 3.74. The first-order valence-electron chi connectivity index (χ1n) is 11.1. The van der Waals surface area contributed by atoms with E-state index in [0.717, 1.165) is 33.5 Å². The zero-order valence-electron chi connectivity index (χ0n) is 19.5. The number of carbonyl (C=O) groups excluding carboxylic acids is 2. The van der Waals surface area contributed by atoms with Crippen molar-refractivity contribution in [3.05, 3.63) is 54.2 Å². The summed E-state index contributed by atoms with van der Waals surface area (Å²) < 4.78 is 13.4. The summed E-state index contributed by atoms with van der Waals surface area (Å²) in [6.45, 7) is 5.79. The van der Waals surface area contributed by atoms with Crippen molar-refractivity contribution < 1.29 is 19.1 Å². The van der Waals surface area contributed by atoms with Gasteiger partial charge in [-0.15, -0.1) is 0 Å². The van der Waals surface area contributed by atoms with Gasteiger partial charge in [0.15, 0.2) is 16.7 Å². The fraction of sp³-hybridized carbons (Fsp3) is 0.320. The van der Waals surface area contributed by atoms with E-state index in [0.29, 0.717) is 25.4 Å². The van der Waals surface area contributed by atoms with Crippen LogP contribution in [0.4, 0.5) is 5.69 Å². The van der Waals surface area contributed by atoms with Crippen molar-refractivity contribution in [1.29, 1.82) is 0 Å². The molecule has 1 aliphatic heterocycles. The molecule has 8 nitrogen and oxygen atoms in total. The number of carbonyl (C=O) groups is 2. The van der Waals surface area contributed by atoms with Gasteiger partial charge in [-0.2, -0.15) is 0 Å². The number of amides is 2. The average Bonchev–Trinajstić information content (AvgIpc) is 3.26. The van der Waals surface area contributed by atoms with Gasteiger partial charge < -0.3 is 24.3 Å². The topological polar surface area (TPSA) is 85.7 Å². The van der Waals surface area contributed by atoms with Gasteiger partial charge in [-0.25, -0.2) is 4.98 Å². The standard InChI is InChI=1S/C25H28N4O4S/c1-4-29-20(18-7-10-21-22(13-18)33-12-11-32-21)14-26-25(29)34-16-24(31)28(3)15-23(30)27-19-8-5-17(2)6-9-19/h5-10,13-14H,4,11-12,15-16H2,1-3H3,(H,27,30). The molecule has 0 saturated heterocycles. The van der Waals surface area contributed by atoms with Gasteiger partial charge >= 0.3 is 0 Å². The number of aromatic nitrogens is 2. The predicted octanol–water partition coefficient (Wildman–Crippen LogP) is 3.84. The smallest absolute Gasteiger partial charge is 0.243 e. The molecule has 3 aromatic rings. The Bertz CT molecular complexity index is 1180. The molecular weight excluding hydrogens is 452 g/mol. The highest BCUT2D eigenvalue weighted by Crippen LogP contribution is 2.35. The average molecular weight is 481 g/mol. The second-order valence-electron chi connectivity index (χ2n) is 7.98. The van der Waals surface area contributed by atoms with E-state index in [4.69, 9.17) is 9.47 Å². The van der Waals surface area contributed by atoms with Crippen LogP contribution in [0.15, 0.2) is 53.8 Å². The van der Waals surface area contributed by atoms with Crippen molar-refractivity contribution in [2.45, 2.75) is 25.5 Å². The zero-order valence-corrected chi connectivity index (χ0v) is 20.4. The molecule has 0 aliphatic carbocycles. The van der Waals surface area contributed by atoms with Gasteiger partial charge in [-0.1, -0.05) is 29.5 Å². The van der Waals surface area contributed by atoms with Crippen LogP contribution in [0.2, 0.25) is 0 Å². The fourth-order valence-electron chi connectivity index (χ4n) is 3.59. The molecule has 34 heavy (non-hydrogen) atoms. The number of hydrogen-bond acceptors (Lipinski definition) is 6. The summed E-state index contributed by atoms with van der Waals surface area (Å²) >= 11 is 1.36. The number of thioether (sulfide) groups is 1. The third-order valence-corrected chi connectivity index (χ3v) is 6.42. The number of benzene rings is 2. The Labute approximate surface area is 203 Å². The molecule has 0 bridgehead atoms. The second-order valence-corrected chi connectivity index (χ2v) is 8.92. The van der Waals surface area contributed by atoms with E-state index in [-0.39, 0.29) is 24.1 Å². The molecule has 2 heterocycles. The Kier molecular flexibility index (Phi) is 7.42. The number of hydrogen-bond donors (Lipinski definition) is 1. The number of fused-ring (bicyclic) bond motifs is 1. The zero-order chi connectivity index (χ0) is 24.1. The van der Waals surface area contributed by atoms with Crippen LogP contribution in [0, 0.1) is 6.92 Å². The summed E-state index contributed by atoms with van der Waals surface area (Å²) in [5, 5.41) is 3.56. The Hall–Kier alpha value is -3.46. The van der Waals surface area contributed by atoms with Crippen molar-refractivity contribution in [3.63, 3.8) is 0 Å². The van der Waals surface area contributed by atoms with Gasteiger partial charge in [0, 0.05) is 24.8 Å². The molecule has 0 unspecified atom stereocenters. The molecule has 2 amide bonds. The van der Waals surface area contributed by atoms with Crippen molar-refractivity contribution in [1.82, 2.24) is 14.5 Å². The van der Waals surface area contributed by atoms with Gasteiger partial charge in [0.05, 0.1) is 24.2 Å². The van der Waals surface area contributed by atoms with E-state index < -0.39 is 0 Å². The van der Waals surface area contributed by atoms with Crippen molar-refractivity contribution in [2.75, 3.05) is 37.9 Å². The third-order valence-electron chi connectivity index (χ3n) is 5.44. The Morgan fingerprint density at radius 3 is 2.59 bits per heavy atom. The Balaban J connectivity index is 1.35. The molecule has 0 radical (unpaired) electrons. The van der Waals surface area contributed by atoms with Crippen LogP contribution in [0.1, 0.15) is 12.5 Å². The lowest BCUT2D eigenvalue weighted by molar-refractivity contribution is -0.131. The van der Waals surface area contributed by atoms with E-state index in [1.165, 1.54) is 16.7 Å². The minimum atomic E-state index is -0.236. The van der Waals surface area contributed by atoms with Crippen LogP contribution >= 0.6 is 11.8 Å². The highest BCUT2D eigenvalue weighted by molar-refractivity contribution is 7.99. The van der Waals surface area contributed by atoms with E-state index in [2.05, 4.69) is 14.9 Å². The molecule has 4 rings (SSSR count). The number of rotatable bonds is 8. The van der Waals surface area contributed by atoms with Gasteiger partial charge in [-0.3, -0.25) is 9.59 Å². The number of aryl methyl sites for hydroxylation is 1. The molecule has 1 N–H and O–H groups in total. The molecule has 0 saturated carbocycles. The highest BCUT2D eigenvalue weighted by atomic mass is 32.2. The molecule has 1 aliphatic rings. The lowest BCUT2D eigenvalue weighted by Gasteiger charge is -2.19. The summed E-state index contributed by atoms with van der Waals surface area (Å²) in [6.07, 6.45) is 1.81. The van der Waals surface area contributed by atoms with E-state index in [9.17, 15) is 9.59 Å². The van der Waals surface area contributed by atoms with Crippen LogP contribution in [-0.2, 0) is 16.1 Å². The summed E-state index contributed by atoms with van der Waals surface area (Å²) in [4.78, 5) is 30.9. The van der Waals surface area contributed by atoms with Gasteiger partial charge in [0.1, 0.15) is 13.2 Å². The number of imidazole rings is 1. The first kappa shape index (κ1) is 23.7. The second kappa shape index (κ2) is 10.6. The maximum atomic E-state index is 12.6. The number of nitrogens with one attached hydrogen (secondary N) is 1. The van der Waals surface area contributed by atoms with E-state index >= 15 is 0 Å². The molecule has 0 fully saturated rings. The summed E-state index contributed by atoms with van der Waals surface area (Å²) in [6, 6.07) is 13.4. The van der Waals surface area contributed by atoms with Crippen molar-refractivity contribution in [2.24, 2.45) is 0 Å². The number of nitrogens with zero attached hydrogens (tertiary/aromatic N) is 3. The van der Waals surface area contributed by atoms with Crippen LogP contribution in [0.25, 0.3) is 11.3 Å². The summed E-state index contributed by atoms with van der Waals surface area (Å²) in [7, 11) is 1.63. The molecule has 1 aromatic heterocycles. The van der Waals surface area contributed by atoms with Gasteiger partial charge in [-0.05, 0) is 44.2 Å². The minimum absolute atomic E-state index is 0.0159. The molecule has 2 aromatic carbocycles. The third kappa shape index (κ3) is 5.53. The molecule has 0 atom stereocenters. The number of likely N-dealkylation sites (N-methyl/N-ethyl adjacent to an activating group) is 1. The molecule has 0 spiro atoms.